The SMILES string of the molecule is CCCCOc1cc(O)c(-c2nc(-c3c(O)cc(OCCCC)c4ccccc34)nc(-c3c(O)cc(OCCCC)c4ccccc34)n2)c2ccccc12. The van der Waals surface area contributed by atoms with Crippen molar-refractivity contribution >= 4 is 32.3 Å². The van der Waals surface area contributed by atoms with Gasteiger partial charge in [0.25, 0.3) is 0 Å². The zero-order valence-electron chi connectivity index (χ0n) is 30.9. The van der Waals surface area contributed by atoms with Gasteiger partial charge < -0.3 is 29.5 Å². The maximum Gasteiger partial charge on any atom is 0.168 e. The smallest absolute Gasteiger partial charge is 0.168 e. The molecule has 0 spiro atoms. The Bertz CT molecular complexity index is 2170. The third kappa shape index (κ3) is 7.14. The van der Waals surface area contributed by atoms with Gasteiger partial charge in [-0.15, -0.1) is 0 Å². The number of benzene rings is 6. The Balaban J connectivity index is 1.51. The largest absolute Gasteiger partial charge is 0.507 e. The van der Waals surface area contributed by atoms with Crippen LogP contribution in [0.1, 0.15) is 59.3 Å². The summed E-state index contributed by atoms with van der Waals surface area (Å²) in [5.74, 6) is 1.90. The highest BCUT2D eigenvalue weighted by molar-refractivity contribution is 6.05. The van der Waals surface area contributed by atoms with Crippen LogP contribution in [-0.2, 0) is 0 Å². The fraction of sp³-hybridized carbons (Fsp3) is 0.267. The van der Waals surface area contributed by atoms with Crippen LogP contribution >= 0.6 is 0 Å². The highest BCUT2D eigenvalue weighted by Gasteiger charge is 2.25. The molecule has 6 aromatic carbocycles. The van der Waals surface area contributed by atoms with Crippen LogP contribution in [0.5, 0.6) is 34.5 Å². The molecular formula is C45H45N3O6. The van der Waals surface area contributed by atoms with E-state index >= 15 is 0 Å². The Hall–Kier alpha value is -6.09. The van der Waals surface area contributed by atoms with Crippen molar-refractivity contribution in [2.75, 3.05) is 19.8 Å². The summed E-state index contributed by atoms with van der Waals surface area (Å²) in [6.45, 7) is 7.82. The summed E-state index contributed by atoms with van der Waals surface area (Å²) in [7, 11) is 0. The van der Waals surface area contributed by atoms with Crippen LogP contribution in [0.4, 0.5) is 0 Å². The first-order valence-corrected chi connectivity index (χ1v) is 18.8. The van der Waals surface area contributed by atoms with Crippen molar-refractivity contribution < 1.29 is 29.5 Å². The third-order valence-corrected chi connectivity index (χ3v) is 9.53. The number of phenols is 3. The van der Waals surface area contributed by atoms with Crippen LogP contribution in [0.3, 0.4) is 0 Å². The van der Waals surface area contributed by atoms with E-state index in [1.807, 2.05) is 72.8 Å². The van der Waals surface area contributed by atoms with E-state index in [0.717, 1.165) is 54.7 Å². The minimum Gasteiger partial charge on any atom is -0.507 e. The van der Waals surface area contributed by atoms with Crippen molar-refractivity contribution in [1.82, 2.24) is 15.0 Å². The summed E-state index contributed by atoms with van der Waals surface area (Å²) in [4.78, 5) is 14.9. The number of unbranched alkanes of at least 4 members (excludes halogenated alkanes) is 3. The fourth-order valence-corrected chi connectivity index (χ4v) is 6.74. The maximum absolute atomic E-state index is 11.7. The van der Waals surface area contributed by atoms with Gasteiger partial charge in [0.05, 0.1) is 36.5 Å². The quantitative estimate of drug-likeness (QED) is 0.0886. The summed E-state index contributed by atoms with van der Waals surface area (Å²) in [5.41, 5.74) is 1.10. The third-order valence-electron chi connectivity index (χ3n) is 9.53. The van der Waals surface area contributed by atoms with Crippen molar-refractivity contribution in [3.8, 4) is 68.7 Å². The molecule has 1 aromatic heterocycles. The molecule has 0 fully saturated rings. The van der Waals surface area contributed by atoms with Crippen molar-refractivity contribution in [3.05, 3.63) is 91.0 Å². The Morgan fingerprint density at radius 1 is 0.407 bits per heavy atom. The fourth-order valence-electron chi connectivity index (χ4n) is 6.74. The predicted octanol–water partition coefficient (Wildman–Crippen LogP) is 11.0. The Kier molecular flexibility index (Phi) is 10.9. The Morgan fingerprint density at radius 2 is 0.667 bits per heavy atom. The lowest BCUT2D eigenvalue weighted by molar-refractivity contribution is 0.311. The second-order valence-electron chi connectivity index (χ2n) is 13.4. The number of hydrogen-bond donors (Lipinski definition) is 3. The van der Waals surface area contributed by atoms with E-state index in [-0.39, 0.29) is 34.7 Å². The predicted molar refractivity (Wildman–Crippen MR) is 215 cm³/mol. The van der Waals surface area contributed by atoms with Crippen molar-refractivity contribution in [2.24, 2.45) is 0 Å². The zero-order chi connectivity index (χ0) is 37.6. The molecule has 0 bridgehead atoms. The highest BCUT2D eigenvalue weighted by atomic mass is 16.5. The molecule has 1 heterocycles. The second kappa shape index (κ2) is 16.3. The van der Waals surface area contributed by atoms with Crippen LogP contribution in [0.2, 0.25) is 0 Å². The first-order valence-electron chi connectivity index (χ1n) is 18.8. The number of ether oxygens (including phenoxy) is 3. The summed E-state index contributed by atoms with van der Waals surface area (Å²) < 4.78 is 18.4. The van der Waals surface area contributed by atoms with E-state index in [1.165, 1.54) is 0 Å². The number of nitrogens with zero attached hydrogens (tertiary/aromatic N) is 3. The maximum atomic E-state index is 11.7. The molecule has 9 heteroatoms. The van der Waals surface area contributed by atoms with Crippen molar-refractivity contribution in [1.29, 1.82) is 0 Å². The average molecular weight is 724 g/mol. The van der Waals surface area contributed by atoms with Crippen LogP contribution in [0.25, 0.3) is 66.5 Å². The number of aromatic nitrogens is 3. The number of hydrogen-bond acceptors (Lipinski definition) is 9. The van der Waals surface area contributed by atoms with Crippen molar-refractivity contribution in [2.45, 2.75) is 59.3 Å². The Morgan fingerprint density at radius 3 is 0.926 bits per heavy atom. The molecule has 54 heavy (non-hydrogen) atoms. The number of aromatic hydroxyl groups is 3. The molecule has 0 atom stereocenters. The first kappa shape index (κ1) is 36.3. The molecule has 0 amide bonds. The zero-order valence-corrected chi connectivity index (χ0v) is 30.9. The number of fused-ring (bicyclic) bond motifs is 3. The van der Waals surface area contributed by atoms with Crippen molar-refractivity contribution in [3.63, 3.8) is 0 Å². The van der Waals surface area contributed by atoms with E-state index in [2.05, 4.69) is 20.8 Å². The monoisotopic (exact) mass is 723 g/mol. The molecule has 276 valence electrons. The molecule has 0 aliphatic rings. The minimum absolute atomic E-state index is 0.0780. The van der Waals surface area contributed by atoms with Gasteiger partial charge in [-0.1, -0.05) is 113 Å². The second-order valence-corrected chi connectivity index (χ2v) is 13.4. The molecule has 9 nitrogen and oxygen atoms in total. The van der Waals surface area contributed by atoms with Crippen LogP contribution in [0, 0.1) is 0 Å². The molecule has 7 aromatic rings. The van der Waals surface area contributed by atoms with E-state index in [1.54, 1.807) is 18.2 Å². The topological polar surface area (TPSA) is 127 Å². The van der Waals surface area contributed by atoms with Gasteiger partial charge in [0.15, 0.2) is 17.5 Å². The summed E-state index contributed by atoms with van der Waals surface area (Å²) in [6.07, 6.45) is 5.53. The number of rotatable bonds is 15. The van der Waals surface area contributed by atoms with Crippen LogP contribution in [-0.4, -0.2) is 50.1 Å². The lowest BCUT2D eigenvalue weighted by atomic mass is 9.99. The molecule has 0 aliphatic heterocycles. The molecular weight excluding hydrogens is 679 g/mol. The Labute approximate surface area is 314 Å². The molecule has 3 N–H and O–H groups in total. The summed E-state index contributed by atoms with van der Waals surface area (Å²) in [5, 5.41) is 39.6. The van der Waals surface area contributed by atoms with Gasteiger partial charge >= 0.3 is 0 Å². The molecule has 0 unspecified atom stereocenters. The van der Waals surface area contributed by atoms with E-state index in [4.69, 9.17) is 29.2 Å². The van der Waals surface area contributed by atoms with Gasteiger partial charge in [0.2, 0.25) is 0 Å². The van der Waals surface area contributed by atoms with Gasteiger partial charge in [0, 0.05) is 50.5 Å². The van der Waals surface area contributed by atoms with Crippen LogP contribution in [0.15, 0.2) is 91.0 Å². The molecule has 0 radical (unpaired) electrons. The molecule has 0 saturated carbocycles. The first-order chi connectivity index (χ1) is 26.4. The van der Waals surface area contributed by atoms with Crippen LogP contribution < -0.4 is 14.2 Å². The van der Waals surface area contributed by atoms with Gasteiger partial charge in [-0.25, -0.2) is 15.0 Å². The summed E-state index contributed by atoms with van der Waals surface area (Å²) in [6, 6.07) is 27.7. The van der Waals surface area contributed by atoms with E-state index in [0.29, 0.717) is 69.9 Å². The highest BCUT2D eigenvalue weighted by Crippen LogP contribution is 2.46. The van der Waals surface area contributed by atoms with E-state index < -0.39 is 0 Å². The molecule has 0 aliphatic carbocycles. The normalized spacial score (nSPS) is 11.4. The van der Waals surface area contributed by atoms with Gasteiger partial charge in [0.1, 0.15) is 34.5 Å². The van der Waals surface area contributed by atoms with E-state index in [9.17, 15) is 15.3 Å². The van der Waals surface area contributed by atoms with Gasteiger partial charge in [-0.2, -0.15) is 0 Å². The molecule has 0 saturated heterocycles. The minimum atomic E-state index is -0.0780. The molecule has 7 rings (SSSR count). The lowest BCUT2D eigenvalue weighted by Crippen LogP contribution is -2.04. The lowest BCUT2D eigenvalue weighted by Gasteiger charge is -2.18. The van der Waals surface area contributed by atoms with Gasteiger partial charge in [-0.3, -0.25) is 0 Å². The average Bonchev–Trinajstić information content (AvgIpc) is 3.18. The van der Waals surface area contributed by atoms with Gasteiger partial charge in [-0.05, 0) is 19.3 Å². The summed E-state index contributed by atoms with van der Waals surface area (Å²) >= 11 is 0. The standard InChI is InChI=1S/C45H45N3O6/c1-4-7-22-52-37-25-34(49)40(31-19-13-10-16-28(31)37)43-46-44(41-32-20-14-11-17-29(32)38(26-35(41)50)53-23-8-5-2)48-45(47-43)42-33-21-15-12-18-30(33)39(27-36(42)51)54-24-9-6-3/h10-21,25-27,49-51H,4-9,22-24H2,1-3H3. The number of phenolic OH excluding ortho intramolecular Hbond substituents is 3.